The third-order valence-corrected chi connectivity index (χ3v) is 5.57. The maximum atomic E-state index is 12.3. The smallest absolute Gasteiger partial charge is 0.230 e. The van der Waals surface area contributed by atoms with Crippen LogP contribution in [-0.4, -0.2) is 26.4 Å². The van der Waals surface area contributed by atoms with Gasteiger partial charge in [-0.15, -0.1) is 10.2 Å². The van der Waals surface area contributed by atoms with E-state index in [-0.39, 0.29) is 11.9 Å². The molecule has 1 saturated carbocycles. The number of aromatic nitrogens is 3. The van der Waals surface area contributed by atoms with E-state index in [1.54, 1.807) is 0 Å². The van der Waals surface area contributed by atoms with Crippen molar-refractivity contribution in [1.82, 2.24) is 20.1 Å². The first-order chi connectivity index (χ1) is 12.1. The van der Waals surface area contributed by atoms with Crippen molar-refractivity contribution in [2.45, 2.75) is 63.7 Å². The Hall–Kier alpha value is -1.82. The molecule has 5 nitrogen and oxygen atoms in total. The fourth-order valence-electron chi connectivity index (χ4n) is 2.89. The Balaban J connectivity index is 1.53. The van der Waals surface area contributed by atoms with Crippen LogP contribution in [0.1, 0.15) is 62.5 Å². The Bertz CT molecular complexity index is 722. The predicted molar refractivity (Wildman–Crippen MR) is 101 cm³/mol. The summed E-state index contributed by atoms with van der Waals surface area (Å²) in [6, 6.07) is 8.43. The first-order valence-electron chi connectivity index (χ1n) is 9.06. The van der Waals surface area contributed by atoms with Gasteiger partial charge in [0.2, 0.25) is 5.91 Å². The van der Waals surface area contributed by atoms with Crippen LogP contribution in [0.2, 0.25) is 0 Å². The molecule has 25 heavy (non-hydrogen) atoms. The highest BCUT2D eigenvalue weighted by atomic mass is 32.2. The third-order valence-electron chi connectivity index (χ3n) is 4.60. The van der Waals surface area contributed by atoms with Crippen molar-refractivity contribution in [3.8, 4) is 0 Å². The van der Waals surface area contributed by atoms with Crippen LogP contribution in [0.5, 0.6) is 0 Å². The summed E-state index contributed by atoms with van der Waals surface area (Å²) in [4.78, 5) is 12.3. The van der Waals surface area contributed by atoms with Gasteiger partial charge in [0.25, 0.3) is 0 Å². The number of carbonyl (C=O) groups excluding carboxylic acids is 1. The van der Waals surface area contributed by atoms with E-state index in [0.29, 0.717) is 11.7 Å². The van der Waals surface area contributed by atoms with Crippen molar-refractivity contribution in [3.05, 3.63) is 41.2 Å². The summed E-state index contributed by atoms with van der Waals surface area (Å²) in [5.74, 6) is 2.03. The maximum Gasteiger partial charge on any atom is 0.230 e. The lowest BCUT2D eigenvalue weighted by Crippen LogP contribution is -2.28. The first kappa shape index (κ1) is 18.0. The second kappa shape index (κ2) is 8.04. The normalized spacial score (nSPS) is 15.2. The average Bonchev–Trinajstić information content (AvgIpc) is 3.39. The summed E-state index contributed by atoms with van der Waals surface area (Å²) in [6.07, 6.45) is 3.44. The van der Waals surface area contributed by atoms with Gasteiger partial charge in [0, 0.05) is 12.5 Å². The molecule has 2 aromatic rings. The lowest BCUT2D eigenvalue weighted by molar-refractivity contribution is -0.119. The number of thioether (sulfide) groups is 1. The van der Waals surface area contributed by atoms with Crippen molar-refractivity contribution < 1.29 is 4.79 Å². The van der Waals surface area contributed by atoms with Gasteiger partial charge in [0.1, 0.15) is 5.82 Å². The molecule has 1 N–H and O–H groups in total. The summed E-state index contributed by atoms with van der Waals surface area (Å²) in [6.45, 7) is 7.11. The number of rotatable bonds is 8. The molecule has 1 aromatic heterocycles. The summed E-state index contributed by atoms with van der Waals surface area (Å²) >= 11 is 1.47. The van der Waals surface area contributed by atoms with E-state index in [0.717, 1.165) is 29.5 Å². The quantitative estimate of drug-likeness (QED) is 0.731. The molecule has 134 valence electrons. The highest BCUT2D eigenvalue weighted by molar-refractivity contribution is 7.99. The van der Waals surface area contributed by atoms with E-state index in [4.69, 9.17) is 0 Å². The summed E-state index contributed by atoms with van der Waals surface area (Å²) in [7, 11) is 0. The van der Waals surface area contributed by atoms with E-state index >= 15 is 0 Å². The van der Waals surface area contributed by atoms with Gasteiger partial charge in [0.05, 0.1) is 11.8 Å². The van der Waals surface area contributed by atoms with Crippen molar-refractivity contribution >= 4 is 17.7 Å². The zero-order chi connectivity index (χ0) is 17.8. The number of aryl methyl sites for hydroxylation is 1. The van der Waals surface area contributed by atoms with Gasteiger partial charge in [-0.3, -0.25) is 4.79 Å². The van der Waals surface area contributed by atoms with E-state index in [2.05, 4.69) is 58.2 Å². The maximum absolute atomic E-state index is 12.3. The molecule has 6 heteroatoms. The van der Waals surface area contributed by atoms with E-state index in [1.807, 2.05) is 6.92 Å². The molecule has 0 bridgehead atoms. The molecule has 1 atom stereocenters. The molecule has 3 rings (SSSR count). The predicted octanol–water partition coefficient (Wildman–Crippen LogP) is 3.71. The summed E-state index contributed by atoms with van der Waals surface area (Å²) < 4.78 is 2.14. The van der Waals surface area contributed by atoms with E-state index in [1.165, 1.54) is 30.2 Å². The van der Waals surface area contributed by atoms with Crippen LogP contribution < -0.4 is 5.32 Å². The zero-order valence-electron chi connectivity index (χ0n) is 15.2. The lowest BCUT2D eigenvalue weighted by Gasteiger charge is -2.14. The molecular formula is C19H26N4OS. The number of nitrogens with one attached hydrogen (secondary N) is 1. The minimum absolute atomic E-state index is 0.00470. The third kappa shape index (κ3) is 4.42. The van der Waals surface area contributed by atoms with Gasteiger partial charge in [-0.2, -0.15) is 0 Å². The van der Waals surface area contributed by atoms with E-state index < -0.39 is 0 Å². The van der Waals surface area contributed by atoms with Crippen LogP contribution in [0.25, 0.3) is 0 Å². The zero-order valence-corrected chi connectivity index (χ0v) is 16.0. The Morgan fingerprint density at radius 1 is 1.28 bits per heavy atom. The summed E-state index contributed by atoms with van der Waals surface area (Å²) in [5, 5.41) is 12.5. The first-order valence-corrected chi connectivity index (χ1v) is 10.0. The largest absolute Gasteiger partial charge is 0.349 e. The van der Waals surface area contributed by atoms with Crippen molar-refractivity contribution in [2.24, 2.45) is 0 Å². The van der Waals surface area contributed by atoms with Crippen molar-refractivity contribution in [2.75, 3.05) is 5.75 Å². The number of hydrogen-bond donors (Lipinski definition) is 1. The number of carbonyl (C=O) groups is 1. The minimum Gasteiger partial charge on any atom is -0.349 e. The fraction of sp³-hybridized carbons (Fsp3) is 0.526. The Kier molecular flexibility index (Phi) is 5.78. The Labute approximate surface area is 153 Å². The molecule has 0 saturated heterocycles. The van der Waals surface area contributed by atoms with Gasteiger partial charge in [-0.1, -0.05) is 43.0 Å². The molecule has 0 aliphatic heterocycles. The number of hydrogen-bond acceptors (Lipinski definition) is 4. The van der Waals surface area contributed by atoms with Gasteiger partial charge in [0.15, 0.2) is 5.16 Å². The molecular weight excluding hydrogens is 332 g/mol. The van der Waals surface area contributed by atoms with Crippen LogP contribution in [0.15, 0.2) is 29.4 Å². The SMILES string of the molecule is CCc1ccc([C@@H](C)NC(=O)CSc2nnc(C3CC3)n2CC)cc1. The molecule has 1 fully saturated rings. The monoisotopic (exact) mass is 358 g/mol. The molecule has 1 aliphatic rings. The molecule has 1 amide bonds. The van der Waals surface area contributed by atoms with Crippen molar-refractivity contribution in [1.29, 1.82) is 0 Å². The summed E-state index contributed by atoms with van der Waals surface area (Å²) in [5.41, 5.74) is 2.44. The fourth-order valence-corrected chi connectivity index (χ4v) is 3.71. The van der Waals surface area contributed by atoms with Gasteiger partial charge in [-0.05, 0) is 44.2 Å². The topological polar surface area (TPSA) is 59.8 Å². The second-order valence-electron chi connectivity index (χ2n) is 6.53. The van der Waals surface area contributed by atoms with Crippen molar-refractivity contribution in [3.63, 3.8) is 0 Å². The van der Waals surface area contributed by atoms with Crippen LogP contribution in [0, 0.1) is 0 Å². The molecule has 1 aromatic carbocycles. The standard InChI is InChI=1S/C19H26N4OS/c1-4-14-6-8-15(9-7-14)13(3)20-17(24)12-25-19-22-21-18(16-10-11-16)23(19)5-2/h6-9,13,16H,4-5,10-12H2,1-3H3,(H,20,24)/t13-/m1/s1. The molecule has 0 spiro atoms. The van der Waals surface area contributed by atoms with Crippen LogP contribution in [0.3, 0.4) is 0 Å². The second-order valence-corrected chi connectivity index (χ2v) is 7.47. The average molecular weight is 359 g/mol. The number of nitrogens with zero attached hydrogens (tertiary/aromatic N) is 3. The minimum atomic E-state index is 0.00470. The van der Waals surface area contributed by atoms with E-state index in [9.17, 15) is 4.79 Å². The van der Waals surface area contributed by atoms with Crippen LogP contribution in [0.4, 0.5) is 0 Å². The lowest BCUT2D eigenvalue weighted by atomic mass is 10.1. The Morgan fingerprint density at radius 2 is 2.00 bits per heavy atom. The highest BCUT2D eigenvalue weighted by Gasteiger charge is 2.30. The Morgan fingerprint density at radius 3 is 2.60 bits per heavy atom. The highest BCUT2D eigenvalue weighted by Crippen LogP contribution is 2.39. The number of amides is 1. The molecule has 0 radical (unpaired) electrons. The number of benzene rings is 1. The van der Waals surface area contributed by atoms with Gasteiger partial charge in [-0.25, -0.2) is 0 Å². The van der Waals surface area contributed by atoms with Crippen LogP contribution >= 0.6 is 11.8 Å². The molecule has 1 aliphatic carbocycles. The molecule has 1 heterocycles. The van der Waals surface area contributed by atoms with Crippen LogP contribution in [-0.2, 0) is 17.8 Å². The van der Waals surface area contributed by atoms with Gasteiger partial charge >= 0.3 is 0 Å². The van der Waals surface area contributed by atoms with Gasteiger partial charge < -0.3 is 9.88 Å². The molecule has 0 unspecified atom stereocenters.